The number of fused-ring (bicyclic) bond motifs is 1. The van der Waals surface area contributed by atoms with Crippen LogP contribution in [0.2, 0.25) is 0 Å². The number of nitrogens with two attached hydrogens (primary N) is 1. The molecule has 0 amide bonds. The van der Waals surface area contributed by atoms with E-state index in [1.807, 2.05) is 11.3 Å². The molecule has 0 aliphatic carbocycles. The Balaban J connectivity index is 1.56. The lowest BCUT2D eigenvalue weighted by molar-refractivity contribution is 0.357. The first-order valence-electron chi connectivity index (χ1n) is 6.86. The van der Waals surface area contributed by atoms with Gasteiger partial charge in [0.25, 0.3) is 0 Å². The first-order valence-corrected chi connectivity index (χ1v) is 7.74. The molecule has 0 saturated carbocycles. The Bertz CT molecular complexity index is 536. The standard InChI is InChI=1S/C16H19NOS/c17-15(5-1-3-14-4-2-10-19-14)12-6-7-16-13(11-12)8-9-18-16/h2,4,6-7,10-11,15H,1,3,5,8-9,17H2. The van der Waals surface area contributed by atoms with Crippen molar-refractivity contribution in [1.82, 2.24) is 0 Å². The van der Waals surface area contributed by atoms with Gasteiger partial charge in [-0.15, -0.1) is 11.3 Å². The van der Waals surface area contributed by atoms with Gasteiger partial charge in [0.1, 0.15) is 5.75 Å². The minimum atomic E-state index is 0.144. The molecule has 0 fully saturated rings. The third-order valence-corrected chi connectivity index (χ3v) is 4.60. The van der Waals surface area contributed by atoms with E-state index in [-0.39, 0.29) is 6.04 Å². The molecule has 0 spiro atoms. The second kappa shape index (κ2) is 5.76. The van der Waals surface area contributed by atoms with E-state index in [0.717, 1.165) is 38.0 Å². The van der Waals surface area contributed by atoms with Crippen LogP contribution in [0.25, 0.3) is 0 Å². The topological polar surface area (TPSA) is 35.2 Å². The van der Waals surface area contributed by atoms with Crippen molar-refractivity contribution >= 4 is 11.3 Å². The van der Waals surface area contributed by atoms with Crippen LogP contribution in [0, 0.1) is 0 Å². The Kier molecular flexibility index (Phi) is 3.85. The average Bonchev–Trinajstić information content (AvgIpc) is 3.08. The highest BCUT2D eigenvalue weighted by molar-refractivity contribution is 7.09. The van der Waals surface area contributed by atoms with Crippen molar-refractivity contribution in [2.24, 2.45) is 5.73 Å². The van der Waals surface area contributed by atoms with Crippen LogP contribution >= 0.6 is 11.3 Å². The van der Waals surface area contributed by atoms with Gasteiger partial charge < -0.3 is 10.5 Å². The zero-order valence-corrected chi connectivity index (χ0v) is 11.8. The third-order valence-electron chi connectivity index (χ3n) is 3.66. The molecule has 1 unspecified atom stereocenters. The molecule has 2 N–H and O–H groups in total. The van der Waals surface area contributed by atoms with Crippen LogP contribution in [-0.2, 0) is 12.8 Å². The molecule has 1 aromatic carbocycles. The molecule has 0 bridgehead atoms. The average molecular weight is 273 g/mol. The number of hydrogen-bond acceptors (Lipinski definition) is 3. The summed E-state index contributed by atoms with van der Waals surface area (Å²) in [6, 6.07) is 10.9. The molecule has 3 rings (SSSR count). The van der Waals surface area contributed by atoms with Crippen molar-refractivity contribution in [3.05, 3.63) is 51.7 Å². The van der Waals surface area contributed by atoms with E-state index in [1.54, 1.807) is 0 Å². The summed E-state index contributed by atoms with van der Waals surface area (Å²) in [6.45, 7) is 0.812. The van der Waals surface area contributed by atoms with Crippen LogP contribution < -0.4 is 10.5 Å². The van der Waals surface area contributed by atoms with Crippen molar-refractivity contribution in [1.29, 1.82) is 0 Å². The van der Waals surface area contributed by atoms with E-state index >= 15 is 0 Å². The fourth-order valence-corrected chi connectivity index (χ4v) is 3.31. The first-order chi connectivity index (χ1) is 9.33. The molecule has 1 aromatic heterocycles. The van der Waals surface area contributed by atoms with Crippen LogP contribution in [0.5, 0.6) is 5.75 Å². The number of ether oxygens (including phenoxy) is 1. The van der Waals surface area contributed by atoms with Gasteiger partial charge in [-0.3, -0.25) is 0 Å². The van der Waals surface area contributed by atoms with Gasteiger partial charge in [0.2, 0.25) is 0 Å². The molecule has 100 valence electrons. The Hall–Kier alpha value is -1.32. The maximum absolute atomic E-state index is 6.29. The molecular formula is C16H19NOS. The lowest BCUT2D eigenvalue weighted by Gasteiger charge is -2.12. The number of hydrogen-bond donors (Lipinski definition) is 1. The van der Waals surface area contributed by atoms with Gasteiger partial charge in [-0.05, 0) is 47.9 Å². The summed E-state index contributed by atoms with van der Waals surface area (Å²) in [7, 11) is 0. The van der Waals surface area contributed by atoms with E-state index in [4.69, 9.17) is 10.5 Å². The van der Waals surface area contributed by atoms with Gasteiger partial charge in [0, 0.05) is 17.3 Å². The van der Waals surface area contributed by atoms with Crippen molar-refractivity contribution in [2.75, 3.05) is 6.61 Å². The second-order valence-electron chi connectivity index (χ2n) is 5.04. The highest BCUT2D eigenvalue weighted by Crippen LogP contribution is 2.29. The van der Waals surface area contributed by atoms with Gasteiger partial charge in [-0.2, -0.15) is 0 Å². The minimum Gasteiger partial charge on any atom is -0.493 e. The van der Waals surface area contributed by atoms with Crippen LogP contribution in [0.1, 0.15) is 34.9 Å². The first kappa shape index (κ1) is 12.7. The van der Waals surface area contributed by atoms with Crippen molar-refractivity contribution in [3.63, 3.8) is 0 Å². The molecule has 1 aliphatic heterocycles. The molecule has 1 atom stereocenters. The van der Waals surface area contributed by atoms with Gasteiger partial charge in [-0.25, -0.2) is 0 Å². The summed E-state index contributed by atoms with van der Waals surface area (Å²) < 4.78 is 5.52. The third kappa shape index (κ3) is 2.99. The quantitative estimate of drug-likeness (QED) is 0.901. The Labute approximate surface area is 118 Å². The Morgan fingerprint density at radius 3 is 3.11 bits per heavy atom. The van der Waals surface area contributed by atoms with Gasteiger partial charge >= 0.3 is 0 Å². The zero-order valence-electron chi connectivity index (χ0n) is 11.0. The van der Waals surface area contributed by atoms with E-state index in [0.29, 0.717) is 0 Å². The normalized spacial score (nSPS) is 15.0. The molecule has 2 heterocycles. The molecular weight excluding hydrogens is 254 g/mol. The lowest BCUT2D eigenvalue weighted by atomic mass is 9.99. The fourth-order valence-electron chi connectivity index (χ4n) is 2.55. The SMILES string of the molecule is NC(CCCc1cccs1)c1ccc2c(c1)CCO2. The Morgan fingerprint density at radius 2 is 2.26 bits per heavy atom. The van der Waals surface area contributed by atoms with Gasteiger partial charge in [-0.1, -0.05) is 18.2 Å². The summed E-state index contributed by atoms with van der Waals surface area (Å²) in [5.74, 6) is 1.04. The molecule has 1 aliphatic rings. The van der Waals surface area contributed by atoms with Gasteiger partial charge in [0.05, 0.1) is 6.61 Å². The van der Waals surface area contributed by atoms with Crippen molar-refractivity contribution in [3.8, 4) is 5.75 Å². The number of benzene rings is 1. The molecule has 2 aromatic rings. The van der Waals surface area contributed by atoms with E-state index in [1.165, 1.54) is 16.0 Å². The van der Waals surface area contributed by atoms with E-state index in [9.17, 15) is 0 Å². The maximum Gasteiger partial charge on any atom is 0.122 e. The lowest BCUT2D eigenvalue weighted by Crippen LogP contribution is -2.10. The monoisotopic (exact) mass is 273 g/mol. The summed E-state index contributed by atoms with van der Waals surface area (Å²) in [6.07, 6.45) is 4.34. The smallest absolute Gasteiger partial charge is 0.122 e. The van der Waals surface area contributed by atoms with E-state index in [2.05, 4.69) is 35.7 Å². The molecule has 0 saturated heterocycles. The molecule has 0 radical (unpaired) electrons. The predicted octanol–water partition coefficient (Wildman–Crippen LogP) is 3.71. The number of aryl methyl sites for hydroxylation is 1. The number of rotatable bonds is 5. The maximum atomic E-state index is 6.29. The second-order valence-corrected chi connectivity index (χ2v) is 6.08. The summed E-state index contributed by atoms with van der Waals surface area (Å²) in [4.78, 5) is 1.45. The highest BCUT2D eigenvalue weighted by Gasteiger charge is 2.14. The molecule has 3 heteroatoms. The van der Waals surface area contributed by atoms with Crippen LogP contribution in [-0.4, -0.2) is 6.61 Å². The van der Waals surface area contributed by atoms with E-state index < -0.39 is 0 Å². The largest absolute Gasteiger partial charge is 0.493 e. The molecule has 2 nitrogen and oxygen atoms in total. The summed E-state index contributed by atoms with van der Waals surface area (Å²) >= 11 is 1.83. The summed E-state index contributed by atoms with van der Waals surface area (Å²) in [5, 5.41) is 2.13. The fraction of sp³-hybridized carbons (Fsp3) is 0.375. The van der Waals surface area contributed by atoms with Crippen LogP contribution in [0.15, 0.2) is 35.7 Å². The zero-order chi connectivity index (χ0) is 13.1. The minimum absolute atomic E-state index is 0.144. The predicted molar refractivity (Wildman–Crippen MR) is 79.8 cm³/mol. The van der Waals surface area contributed by atoms with Crippen molar-refractivity contribution < 1.29 is 4.74 Å². The van der Waals surface area contributed by atoms with Crippen LogP contribution in [0.3, 0.4) is 0 Å². The van der Waals surface area contributed by atoms with Gasteiger partial charge in [0.15, 0.2) is 0 Å². The number of thiophene rings is 1. The summed E-state index contributed by atoms with van der Waals surface area (Å²) in [5.41, 5.74) is 8.85. The Morgan fingerprint density at radius 1 is 1.32 bits per heavy atom. The van der Waals surface area contributed by atoms with Crippen molar-refractivity contribution in [2.45, 2.75) is 31.7 Å². The molecule has 19 heavy (non-hydrogen) atoms. The highest BCUT2D eigenvalue weighted by atomic mass is 32.1. The van der Waals surface area contributed by atoms with Crippen LogP contribution in [0.4, 0.5) is 0 Å².